The average molecular weight is 719 g/mol. The van der Waals surface area contributed by atoms with Crippen molar-refractivity contribution in [3.63, 3.8) is 0 Å². The van der Waals surface area contributed by atoms with Crippen molar-refractivity contribution in [3.8, 4) is 0 Å². The standard InChI is InChI=1S/C54H38O2/c1-20(2)19-56-30(55)9-6-10-53(28-7-4-3-5-8-28)52-29-17-26-15-23-13-24-12-21-11-22-14-25-16-27-18-54(52,53)51-37(27)42-36(25)41-32(22)31(21)39-35(24)40-33(23)34(26)43-38(29)50(51)49-47(42)45(41)44(39)46(40)48(43)49/h3-5,7-8,13-14,16-18,20-21,24,26,31,34-35,52H,6,9-12,15,19H2,1-2H3. The van der Waals surface area contributed by atoms with E-state index in [1.54, 1.807) is 104 Å². The molecule has 7 aromatic rings. The van der Waals surface area contributed by atoms with Crippen LogP contribution in [0.1, 0.15) is 96.7 Å². The first kappa shape index (κ1) is 27.6. The quantitative estimate of drug-likeness (QED) is 0.121. The highest BCUT2D eigenvalue weighted by Crippen LogP contribution is 2.84. The second-order valence-electron chi connectivity index (χ2n) is 20.9. The van der Waals surface area contributed by atoms with Gasteiger partial charge in [-0.05, 0) is 193 Å². The molecule has 11 aliphatic carbocycles. The number of carbonyl (C=O) groups excluding carboxylic acids is 1. The molecule has 11 aliphatic rings. The van der Waals surface area contributed by atoms with Gasteiger partial charge in [-0.1, -0.05) is 68.5 Å². The number of rotatable bonds is 7. The molecule has 7 aromatic carbocycles. The van der Waals surface area contributed by atoms with Crippen LogP contribution >= 0.6 is 0 Å². The SMILES string of the molecule is CC(C)COC(=O)CCCC1(c2ccccc2)C2C3=CC4CC5=CC6CC7Cc8cc9cc%10c%11c(c%12c3c3c%13c%14c%15c%16c(c8C7C=%15C6C%14=C5C34)c9c%11c%16c%13%12)C21C=%10. The highest BCUT2D eigenvalue weighted by molar-refractivity contribution is 6.48. The summed E-state index contributed by atoms with van der Waals surface area (Å²) in [6.45, 7) is 4.76. The Kier molecular flexibility index (Phi) is 3.86. The fourth-order valence-corrected chi connectivity index (χ4v) is 17.8. The van der Waals surface area contributed by atoms with Gasteiger partial charge in [-0.3, -0.25) is 4.79 Å². The topological polar surface area (TPSA) is 26.3 Å². The molecule has 0 aromatic heterocycles. The number of esters is 1. The third kappa shape index (κ3) is 2.28. The van der Waals surface area contributed by atoms with Gasteiger partial charge >= 0.3 is 5.97 Å². The lowest BCUT2D eigenvalue weighted by molar-refractivity contribution is -0.144. The summed E-state index contributed by atoms with van der Waals surface area (Å²) >= 11 is 0. The number of benzene rings is 5. The molecule has 0 aliphatic heterocycles. The predicted octanol–water partition coefficient (Wildman–Crippen LogP) is 10.0. The lowest BCUT2D eigenvalue weighted by Crippen LogP contribution is -2.33. The van der Waals surface area contributed by atoms with E-state index >= 15 is 0 Å². The summed E-state index contributed by atoms with van der Waals surface area (Å²) in [5.74, 6) is 4.34. The van der Waals surface area contributed by atoms with Crippen molar-refractivity contribution in [2.45, 2.75) is 75.0 Å². The van der Waals surface area contributed by atoms with E-state index in [1.807, 2.05) is 11.1 Å². The molecule has 266 valence electrons. The van der Waals surface area contributed by atoms with E-state index in [1.165, 1.54) is 35.4 Å². The van der Waals surface area contributed by atoms with Crippen LogP contribution in [0.25, 0.3) is 76.7 Å². The van der Waals surface area contributed by atoms with Gasteiger partial charge in [0.25, 0.3) is 0 Å². The Morgan fingerprint density at radius 2 is 1.70 bits per heavy atom. The Morgan fingerprint density at radius 3 is 2.59 bits per heavy atom. The van der Waals surface area contributed by atoms with Gasteiger partial charge < -0.3 is 4.74 Å². The van der Waals surface area contributed by atoms with Crippen molar-refractivity contribution in [1.82, 2.24) is 0 Å². The minimum atomic E-state index is -0.120. The van der Waals surface area contributed by atoms with Crippen molar-refractivity contribution in [3.05, 3.63) is 115 Å². The van der Waals surface area contributed by atoms with Crippen LogP contribution in [0.4, 0.5) is 0 Å². The predicted molar refractivity (Wildman–Crippen MR) is 223 cm³/mol. The summed E-state index contributed by atoms with van der Waals surface area (Å²) in [7, 11) is 0. The van der Waals surface area contributed by atoms with Crippen LogP contribution in [0, 0.1) is 35.5 Å². The van der Waals surface area contributed by atoms with Crippen molar-refractivity contribution >= 4 is 82.6 Å². The van der Waals surface area contributed by atoms with Gasteiger partial charge in [0.15, 0.2) is 0 Å². The van der Waals surface area contributed by atoms with Crippen LogP contribution in [0.3, 0.4) is 0 Å². The Hall–Kier alpha value is -4.95. The number of hydrogen-bond donors (Lipinski definition) is 0. The monoisotopic (exact) mass is 718 g/mol. The number of allylic oxidation sites excluding steroid dienone is 6. The number of fused-ring (bicyclic) bond motifs is 1. The van der Waals surface area contributed by atoms with Gasteiger partial charge in [0.2, 0.25) is 0 Å². The third-order valence-corrected chi connectivity index (χ3v) is 18.7. The molecule has 9 atom stereocenters. The summed E-state index contributed by atoms with van der Waals surface area (Å²) < 4.78 is 5.79. The van der Waals surface area contributed by atoms with Crippen LogP contribution in [0.2, 0.25) is 0 Å². The van der Waals surface area contributed by atoms with E-state index in [4.69, 9.17) is 4.74 Å². The summed E-state index contributed by atoms with van der Waals surface area (Å²) in [6, 6.07) is 17.0. The number of hydrogen-bond acceptors (Lipinski definition) is 2. The molecular formula is C54H38O2. The lowest BCUT2D eigenvalue weighted by Gasteiger charge is -2.43. The number of carbonyl (C=O) groups is 1. The van der Waals surface area contributed by atoms with Gasteiger partial charge in [0.05, 0.1) is 6.61 Å². The average Bonchev–Trinajstić information content (AvgIpc) is 3.88. The Labute approximate surface area is 323 Å². The summed E-state index contributed by atoms with van der Waals surface area (Å²) in [4.78, 5) is 13.2. The van der Waals surface area contributed by atoms with Gasteiger partial charge in [-0.15, -0.1) is 0 Å². The van der Waals surface area contributed by atoms with Crippen LogP contribution in [-0.4, -0.2) is 12.6 Å². The zero-order chi connectivity index (χ0) is 35.8. The van der Waals surface area contributed by atoms with Crippen molar-refractivity contribution in [2.24, 2.45) is 35.5 Å². The molecule has 0 amide bonds. The molecule has 3 saturated carbocycles. The number of ether oxygens (including phenoxy) is 1. The largest absolute Gasteiger partial charge is 0.465 e. The zero-order valence-electron chi connectivity index (χ0n) is 31.7. The Morgan fingerprint density at radius 1 is 0.821 bits per heavy atom. The molecule has 3 fully saturated rings. The van der Waals surface area contributed by atoms with Crippen LogP contribution in [0.15, 0.2) is 65.8 Å². The summed E-state index contributed by atoms with van der Waals surface area (Å²) in [5.41, 5.74) is 20.4. The molecule has 18 rings (SSSR count). The van der Waals surface area contributed by atoms with Crippen LogP contribution < -0.4 is 10.4 Å². The zero-order valence-corrected chi connectivity index (χ0v) is 31.7. The van der Waals surface area contributed by atoms with Crippen molar-refractivity contribution in [2.75, 3.05) is 6.61 Å². The maximum Gasteiger partial charge on any atom is 0.305 e. The van der Waals surface area contributed by atoms with E-state index in [-0.39, 0.29) is 16.8 Å². The van der Waals surface area contributed by atoms with Crippen LogP contribution in [-0.2, 0) is 26.8 Å². The van der Waals surface area contributed by atoms with E-state index < -0.39 is 0 Å². The Bertz CT molecular complexity index is 3520. The highest BCUT2D eigenvalue weighted by Gasteiger charge is 2.80. The van der Waals surface area contributed by atoms with Gasteiger partial charge in [-0.2, -0.15) is 0 Å². The van der Waals surface area contributed by atoms with E-state index in [9.17, 15) is 4.79 Å². The smallest absolute Gasteiger partial charge is 0.305 e. The third-order valence-electron chi connectivity index (χ3n) is 18.7. The van der Waals surface area contributed by atoms with Crippen LogP contribution in [0.5, 0.6) is 0 Å². The lowest BCUT2D eigenvalue weighted by atomic mass is 9.60. The maximum absolute atomic E-state index is 13.2. The Balaban J connectivity index is 1.04. The molecule has 56 heavy (non-hydrogen) atoms. The first-order valence-corrected chi connectivity index (χ1v) is 22.0. The van der Waals surface area contributed by atoms with E-state index in [0.29, 0.717) is 54.5 Å². The molecule has 0 N–H and O–H groups in total. The van der Waals surface area contributed by atoms with Crippen molar-refractivity contribution < 1.29 is 9.53 Å². The molecule has 2 nitrogen and oxygen atoms in total. The maximum atomic E-state index is 13.2. The minimum absolute atomic E-state index is 0.0350. The summed E-state index contributed by atoms with van der Waals surface area (Å²) in [5, 5.41) is 19.6. The molecule has 0 saturated heterocycles. The van der Waals surface area contributed by atoms with Crippen molar-refractivity contribution in [1.29, 1.82) is 0 Å². The summed E-state index contributed by atoms with van der Waals surface area (Å²) in [6.07, 6.45) is 14.7. The normalized spacial score (nSPS) is 34.8. The second-order valence-corrected chi connectivity index (χ2v) is 20.9. The molecule has 0 radical (unpaired) electrons. The first-order valence-electron chi connectivity index (χ1n) is 22.0. The molecule has 0 heterocycles. The second kappa shape index (κ2) is 7.83. The molecule has 0 bridgehead atoms. The fourth-order valence-electron chi connectivity index (χ4n) is 17.8. The van der Waals surface area contributed by atoms with E-state index in [2.05, 4.69) is 74.5 Å². The fraction of sp³-hybridized carbons (Fsp3) is 0.352. The van der Waals surface area contributed by atoms with Gasteiger partial charge in [0.1, 0.15) is 0 Å². The molecule has 1 spiro atoms. The van der Waals surface area contributed by atoms with Gasteiger partial charge in [-0.25, -0.2) is 0 Å². The first-order chi connectivity index (χ1) is 27.5. The van der Waals surface area contributed by atoms with E-state index in [0.717, 1.165) is 18.8 Å². The molecule has 2 heteroatoms. The molecular weight excluding hydrogens is 681 g/mol. The minimum Gasteiger partial charge on any atom is -0.465 e. The highest BCUT2D eigenvalue weighted by atomic mass is 16.5. The molecule has 9 unspecified atom stereocenters. The van der Waals surface area contributed by atoms with Gasteiger partial charge in [0, 0.05) is 40.9 Å².